The molecule has 6 heteroatoms. The molecule has 100 valence electrons. The SMILES string of the molecule is Cc1csc(-c2c(N)nsc2N2CC3CCC2C3)n1. The number of hydrogen-bond acceptors (Lipinski definition) is 6. The van der Waals surface area contributed by atoms with E-state index >= 15 is 0 Å². The molecule has 0 radical (unpaired) electrons. The zero-order chi connectivity index (χ0) is 13.0. The zero-order valence-electron chi connectivity index (χ0n) is 10.8. The van der Waals surface area contributed by atoms with Crippen LogP contribution in [0.5, 0.6) is 0 Å². The number of nitrogens with two attached hydrogens (primary N) is 1. The van der Waals surface area contributed by atoms with Gasteiger partial charge in [-0.2, -0.15) is 4.37 Å². The minimum absolute atomic E-state index is 0.636. The Balaban J connectivity index is 1.77. The van der Waals surface area contributed by atoms with Crippen LogP contribution in [0.25, 0.3) is 10.6 Å². The van der Waals surface area contributed by atoms with Gasteiger partial charge in [0, 0.05) is 23.7 Å². The van der Waals surface area contributed by atoms with Crippen molar-refractivity contribution in [2.75, 3.05) is 17.2 Å². The number of piperidine rings is 1. The van der Waals surface area contributed by atoms with Crippen molar-refractivity contribution in [2.45, 2.75) is 32.2 Å². The number of thiazole rings is 1. The first kappa shape index (κ1) is 11.7. The molecule has 1 saturated carbocycles. The van der Waals surface area contributed by atoms with Crippen molar-refractivity contribution in [3.05, 3.63) is 11.1 Å². The Kier molecular flexibility index (Phi) is 2.57. The van der Waals surface area contributed by atoms with Crippen LogP contribution in [0.15, 0.2) is 5.38 Å². The highest BCUT2D eigenvalue weighted by Crippen LogP contribution is 2.47. The van der Waals surface area contributed by atoms with Crippen LogP contribution in [0.1, 0.15) is 25.0 Å². The van der Waals surface area contributed by atoms with Crippen LogP contribution in [0.3, 0.4) is 0 Å². The van der Waals surface area contributed by atoms with Crippen molar-refractivity contribution < 1.29 is 0 Å². The van der Waals surface area contributed by atoms with Crippen LogP contribution in [0.2, 0.25) is 0 Å². The van der Waals surface area contributed by atoms with Crippen LogP contribution >= 0.6 is 22.9 Å². The second-order valence-corrected chi connectivity index (χ2v) is 7.14. The van der Waals surface area contributed by atoms with E-state index in [2.05, 4.69) is 19.6 Å². The molecule has 0 spiro atoms. The van der Waals surface area contributed by atoms with Gasteiger partial charge in [-0.25, -0.2) is 4.98 Å². The number of aryl methyl sites for hydroxylation is 1. The fourth-order valence-corrected chi connectivity index (χ4v) is 5.14. The Morgan fingerprint density at radius 2 is 2.32 bits per heavy atom. The van der Waals surface area contributed by atoms with E-state index < -0.39 is 0 Å². The Hall–Kier alpha value is -1.14. The fraction of sp³-hybridized carbons (Fsp3) is 0.538. The summed E-state index contributed by atoms with van der Waals surface area (Å²) in [6, 6.07) is 0.699. The number of nitrogens with zero attached hydrogens (tertiary/aromatic N) is 3. The van der Waals surface area contributed by atoms with Crippen molar-refractivity contribution in [3.8, 4) is 10.6 Å². The smallest absolute Gasteiger partial charge is 0.149 e. The molecule has 0 amide bonds. The first-order valence-electron chi connectivity index (χ1n) is 6.66. The standard InChI is InChI=1S/C13H16N4S2/c1-7-6-18-12(15-7)10-11(14)16-19-13(10)17-5-8-2-3-9(17)4-8/h6,8-9H,2-5H2,1H3,(H2,14,16). The molecular weight excluding hydrogens is 276 g/mol. The molecule has 2 aromatic rings. The summed E-state index contributed by atoms with van der Waals surface area (Å²) >= 11 is 3.20. The highest BCUT2D eigenvalue weighted by Gasteiger charge is 2.40. The molecule has 19 heavy (non-hydrogen) atoms. The number of nitrogen functional groups attached to an aromatic ring is 1. The lowest BCUT2D eigenvalue weighted by atomic mass is 10.1. The van der Waals surface area contributed by atoms with Crippen LogP contribution in [-0.2, 0) is 0 Å². The van der Waals surface area contributed by atoms with Gasteiger partial charge in [0.05, 0.1) is 5.56 Å². The monoisotopic (exact) mass is 292 g/mol. The second kappa shape index (κ2) is 4.18. The van der Waals surface area contributed by atoms with E-state index in [1.807, 2.05) is 6.92 Å². The molecule has 4 nitrogen and oxygen atoms in total. The van der Waals surface area contributed by atoms with Gasteiger partial charge in [0.2, 0.25) is 0 Å². The minimum Gasteiger partial charge on any atom is -0.382 e. The maximum atomic E-state index is 6.09. The van der Waals surface area contributed by atoms with Gasteiger partial charge in [-0.3, -0.25) is 0 Å². The third kappa shape index (κ3) is 1.77. The molecule has 3 heterocycles. The maximum Gasteiger partial charge on any atom is 0.149 e. The van der Waals surface area contributed by atoms with E-state index in [1.165, 1.54) is 42.3 Å². The van der Waals surface area contributed by atoms with E-state index in [0.29, 0.717) is 11.9 Å². The van der Waals surface area contributed by atoms with Gasteiger partial charge in [-0.05, 0) is 43.6 Å². The van der Waals surface area contributed by atoms with E-state index in [1.54, 1.807) is 11.3 Å². The third-order valence-electron chi connectivity index (χ3n) is 4.20. The number of aromatic nitrogens is 2. The molecule has 1 saturated heterocycles. The van der Waals surface area contributed by atoms with Gasteiger partial charge in [-0.15, -0.1) is 11.3 Å². The molecule has 2 bridgehead atoms. The Labute approximate surface area is 120 Å². The summed E-state index contributed by atoms with van der Waals surface area (Å²) in [7, 11) is 0. The summed E-state index contributed by atoms with van der Waals surface area (Å²) in [5, 5.41) is 4.33. The number of fused-ring (bicyclic) bond motifs is 2. The van der Waals surface area contributed by atoms with Crippen molar-refractivity contribution in [2.24, 2.45) is 5.92 Å². The van der Waals surface area contributed by atoms with Gasteiger partial charge in [0.1, 0.15) is 15.8 Å². The summed E-state index contributed by atoms with van der Waals surface area (Å²) in [6.45, 7) is 3.19. The number of rotatable bonds is 2. The summed E-state index contributed by atoms with van der Waals surface area (Å²) in [6.07, 6.45) is 4.05. The average molecular weight is 292 g/mol. The summed E-state index contributed by atoms with van der Waals surface area (Å²) in [5.41, 5.74) is 8.21. The minimum atomic E-state index is 0.636. The predicted octanol–water partition coefficient (Wildman–Crippen LogP) is 3.15. The van der Waals surface area contributed by atoms with Gasteiger partial charge < -0.3 is 10.6 Å². The molecular formula is C13H16N4S2. The molecule has 2 aromatic heterocycles. The zero-order valence-corrected chi connectivity index (χ0v) is 12.4. The second-order valence-electron chi connectivity index (χ2n) is 5.53. The molecule has 1 aliphatic heterocycles. The topological polar surface area (TPSA) is 55.0 Å². The highest BCUT2D eigenvalue weighted by atomic mass is 32.1. The predicted molar refractivity (Wildman–Crippen MR) is 80.8 cm³/mol. The highest BCUT2D eigenvalue weighted by molar-refractivity contribution is 7.15. The molecule has 0 aromatic carbocycles. The molecule has 2 unspecified atom stereocenters. The largest absolute Gasteiger partial charge is 0.382 e. The van der Waals surface area contributed by atoms with Crippen molar-refractivity contribution in [1.29, 1.82) is 0 Å². The summed E-state index contributed by atoms with van der Waals surface area (Å²) in [4.78, 5) is 7.11. The lowest BCUT2D eigenvalue weighted by molar-refractivity contribution is 0.556. The van der Waals surface area contributed by atoms with Crippen molar-refractivity contribution in [1.82, 2.24) is 9.36 Å². The molecule has 2 atom stereocenters. The average Bonchev–Trinajstić information content (AvgIpc) is 3.11. The summed E-state index contributed by atoms with van der Waals surface area (Å²) < 4.78 is 4.37. The first-order chi connectivity index (χ1) is 9.22. The lowest BCUT2D eigenvalue weighted by Gasteiger charge is -2.28. The molecule has 2 aliphatic rings. The van der Waals surface area contributed by atoms with Gasteiger partial charge >= 0.3 is 0 Å². The maximum absolute atomic E-state index is 6.09. The Morgan fingerprint density at radius 1 is 1.42 bits per heavy atom. The van der Waals surface area contributed by atoms with Crippen LogP contribution < -0.4 is 10.6 Å². The molecule has 1 aliphatic carbocycles. The van der Waals surface area contributed by atoms with Crippen LogP contribution in [-0.4, -0.2) is 21.9 Å². The Bertz CT molecular complexity index is 618. The number of hydrogen-bond donors (Lipinski definition) is 1. The van der Waals surface area contributed by atoms with Gasteiger partial charge in [0.25, 0.3) is 0 Å². The van der Waals surface area contributed by atoms with E-state index in [9.17, 15) is 0 Å². The lowest BCUT2D eigenvalue weighted by Crippen LogP contribution is -2.31. The first-order valence-corrected chi connectivity index (χ1v) is 8.32. The molecule has 4 rings (SSSR count). The Morgan fingerprint density at radius 3 is 2.95 bits per heavy atom. The van der Waals surface area contributed by atoms with Crippen molar-refractivity contribution in [3.63, 3.8) is 0 Å². The van der Waals surface area contributed by atoms with Gasteiger partial charge in [-0.1, -0.05) is 0 Å². The molecule has 2 fully saturated rings. The van der Waals surface area contributed by atoms with Crippen molar-refractivity contribution >= 4 is 33.7 Å². The normalized spacial score (nSPS) is 25.4. The quantitative estimate of drug-likeness (QED) is 0.924. The third-order valence-corrected chi connectivity index (χ3v) is 6.08. The van der Waals surface area contributed by atoms with Gasteiger partial charge in [0.15, 0.2) is 0 Å². The van der Waals surface area contributed by atoms with Crippen LogP contribution in [0.4, 0.5) is 10.8 Å². The number of anilines is 2. The summed E-state index contributed by atoms with van der Waals surface area (Å²) in [5.74, 6) is 1.51. The van der Waals surface area contributed by atoms with E-state index in [0.717, 1.165) is 22.2 Å². The molecule has 2 N–H and O–H groups in total. The van der Waals surface area contributed by atoms with E-state index in [4.69, 9.17) is 5.73 Å². The van der Waals surface area contributed by atoms with Crippen LogP contribution in [0, 0.1) is 12.8 Å². The fourth-order valence-electron chi connectivity index (χ4n) is 3.33. The van der Waals surface area contributed by atoms with E-state index in [-0.39, 0.29) is 0 Å².